The lowest BCUT2D eigenvalue weighted by Gasteiger charge is -2.40. The van der Waals surface area contributed by atoms with Gasteiger partial charge in [-0.05, 0) is 117 Å². The number of hydrogen-bond donors (Lipinski definition) is 4. The van der Waals surface area contributed by atoms with Gasteiger partial charge in [-0.2, -0.15) is 0 Å². The van der Waals surface area contributed by atoms with Crippen LogP contribution >= 0.6 is 47.5 Å². The predicted octanol–water partition coefficient (Wildman–Crippen LogP) is 12.4. The molecule has 2 saturated heterocycles. The Morgan fingerprint density at radius 2 is 0.584 bits per heavy atom. The van der Waals surface area contributed by atoms with Crippen molar-refractivity contribution in [2.24, 2.45) is 11.8 Å². The lowest BCUT2D eigenvalue weighted by Crippen LogP contribution is -2.37. The van der Waals surface area contributed by atoms with Gasteiger partial charge in [-0.15, -0.1) is 0 Å². The number of ether oxygens (including phenoxy) is 2. The molecule has 2 aliphatic carbocycles. The van der Waals surface area contributed by atoms with Crippen molar-refractivity contribution in [2.75, 3.05) is 26.5 Å². The van der Waals surface area contributed by atoms with Crippen LogP contribution in [0.4, 0.5) is 0 Å². The second-order valence-electron chi connectivity index (χ2n) is 23.6. The third-order valence-electron chi connectivity index (χ3n) is 18.4. The molecule has 3 fully saturated rings. The maximum atomic E-state index is 10.3. The molecule has 12 heteroatoms. The van der Waals surface area contributed by atoms with E-state index >= 15 is 0 Å². The summed E-state index contributed by atoms with van der Waals surface area (Å²) in [6, 6.07) is 92.4. The molecule has 0 radical (unpaired) electrons. The van der Waals surface area contributed by atoms with E-state index in [2.05, 4.69) is 243 Å². The number of benzene rings is 9. The summed E-state index contributed by atoms with van der Waals surface area (Å²) in [6.45, 7) is 8.10. The molecule has 0 aromatic heterocycles. The summed E-state index contributed by atoms with van der Waals surface area (Å²) in [5.41, 5.74) is 1.50. The van der Waals surface area contributed by atoms with Crippen LogP contribution in [0.15, 0.2) is 267 Å². The summed E-state index contributed by atoms with van der Waals surface area (Å²) in [4.78, 5) is 0. The van der Waals surface area contributed by atoms with Crippen molar-refractivity contribution >= 4 is 101 Å². The number of para-hydroxylation sites is 2. The van der Waals surface area contributed by atoms with Gasteiger partial charge in [0.2, 0.25) is 0 Å². The smallest absolute Gasteiger partial charge is 0.126 e. The Balaban J connectivity index is 0.000000140. The zero-order valence-corrected chi connectivity index (χ0v) is 57.1. The number of aliphatic hydroxyl groups excluding tert-OH is 4. The van der Waals surface area contributed by atoms with Crippen LogP contribution in [-0.2, 0) is 0 Å². The number of hydrogen-bond acceptors (Lipinski definition) is 6. The maximum Gasteiger partial charge on any atom is 0.126 e. The second kappa shape index (κ2) is 30.9. The van der Waals surface area contributed by atoms with E-state index in [1.165, 1.54) is 59.5 Å². The zero-order chi connectivity index (χ0) is 62.0. The molecule has 2 heterocycles. The van der Waals surface area contributed by atoms with Gasteiger partial charge in [-0.25, -0.2) is 0 Å². The number of aliphatic hydroxyl groups is 4. The van der Waals surface area contributed by atoms with E-state index in [1.54, 1.807) is 14.2 Å². The molecule has 6 nitrogen and oxygen atoms in total. The Morgan fingerprint density at radius 3 is 0.865 bits per heavy atom. The molecular weight excluding hydrogens is 1210 g/mol. The first kappa shape index (κ1) is 65.2. The Labute approximate surface area is 536 Å². The average Bonchev–Trinajstić information content (AvgIpc) is 1.80. The van der Waals surface area contributed by atoms with E-state index in [4.69, 9.17) is 9.47 Å². The van der Waals surface area contributed by atoms with Gasteiger partial charge >= 0.3 is 0 Å². The molecule has 0 amide bonds. The Bertz CT molecular complexity index is 3320. The highest BCUT2D eigenvalue weighted by Crippen LogP contribution is 2.64. The van der Waals surface area contributed by atoms with E-state index in [9.17, 15) is 20.4 Å². The van der Waals surface area contributed by atoms with E-state index in [1.807, 2.05) is 52.0 Å². The van der Waals surface area contributed by atoms with Crippen molar-refractivity contribution in [2.45, 2.75) is 92.5 Å². The molecular formula is C77H84O6P6. The number of methoxy groups -OCH3 is 2. The highest BCUT2D eigenvalue weighted by atomic mass is 31.1. The second-order valence-corrected chi connectivity index (χ2v) is 38.7. The fraction of sp³-hybridized carbons (Fsp3) is 0.273. The van der Waals surface area contributed by atoms with Crippen LogP contribution in [0, 0.1) is 11.8 Å². The summed E-state index contributed by atoms with van der Waals surface area (Å²) in [7, 11) is 0.133. The van der Waals surface area contributed by atoms with Gasteiger partial charge in [0.25, 0.3) is 0 Å². The van der Waals surface area contributed by atoms with Gasteiger partial charge in [0.1, 0.15) is 11.5 Å². The summed E-state index contributed by atoms with van der Waals surface area (Å²) < 4.78 is 11.5. The van der Waals surface area contributed by atoms with Gasteiger partial charge in [0, 0.05) is 44.6 Å². The van der Waals surface area contributed by atoms with Crippen LogP contribution in [0.25, 0.3) is 0 Å². The van der Waals surface area contributed by atoms with Crippen molar-refractivity contribution < 1.29 is 29.9 Å². The van der Waals surface area contributed by atoms with Crippen LogP contribution in [-0.4, -0.2) is 105 Å². The Kier molecular flexibility index (Phi) is 22.7. The summed E-state index contributed by atoms with van der Waals surface area (Å²) >= 11 is 0. The normalized spacial score (nSPS) is 26.4. The third-order valence-corrected chi connectivity index (χ3v) is 36.9. The van der Waals surface area contributed by atoms with Gasteiger partial charge in [0.05, 0.1) is 38.6 Å². The van der Waals surface area contributed by atoms with Crippen molar-refractivity contribution in [1.82, 2.24) is 0 Å². The van der Waals surface area contributed by atoms with E-state index < -0.39 is 71.9 Å². The summed E-state index contributed by atoms with van der Waals surface area (Å²) in [6.07, 6.45) is 5.86. The molecule has 9 aromatic carbocycles. The summed E-state index contributed by atoms with van der Waals surface area (Å²) in [5, 5.41) is 55.1. The van der Waals surface area contributed by atoms with Gasteiger partial charge in [0.15, 0.2) is 0 Å². The molecule has 9 aromatic rings. The van der Waals surface area contributed by atoms with E-state index in [0.29, 0.717) is 23.2 Å². The first-order chi connectivity index (χ1) is 43.5. The standard InChI is InChI=1S/C31H28P2.C28H28O2P2.C18H28O4P2/c1-5-13-26(14-6-1)32(27-15-7-2-8-16-27)30-24-21-22-25(23-24)31(30)33(28-17-9-3-10-18-28)29-19-11-4-12-20-29;1-29-25-17-9-11-19-27(25)31(23-13-5-3-6-14-23)21-22-32(24-15-7-4-8-16-24)28-20-12-10-18-26(28)30-2;1-9-15(19)16(20)10(2)23(9)13-7-5-6-8-14(13)24-11(3)17(21)18(22)12(24)4/h1-22,24-25,30-31H,23H2;3-20H,21-22H2,1-2H3;5-12,15-22H,1-4H3/t;;9-,10-,11-,12-,15+,16+,17+,18+/m..0/s1. The first-order valence-corrected chi connectivity index (χ1v) is 40.1. The molecule has 4 N–H and O–H groups in total. The number of rotatable bonds is 17. The molecule has 2 aliphatic heterocycles. The molecule has 13 rings (SSSR count). The lowest BCUT2D eigenvalue weighted by atomic mass is 10.1. The van der Waals surface area contributed by atoms with Crippen molar-refractivity contribution in [3.05, 3.63) is 267 Å². The monoisotopic (exact) mass is 1290 g/mol. The third kappa shape index (κ3) is 14.4. The molecule has 0 spiro atoms. The SMILES string of the molecule is C1=CC2CC1C(P(c1ccccc1)c1ccccc1)C2P(c1ccccc1)c1ccccc1.COc1ccccc1P(CCP(c1ccccc1)c1ccccc1OC)c1ccccc1.C[C@H]1[C@@H](O)[C@H](O)[C@H](C)P1c1ccccc1P1[C@@H](C)[C@@H](O)[C@H](O)[C@@H]1C. The maximum absolute atomic E-state index is 10.3. The average molecular weight is 1290 g/mol. The topological polar surface area (TPSA) is 99.4 Å². The minimum absolute atomic E-state index is 0.0456. The number of allylic oxidation sites excluding steroid dienone is 2. The molecule has 89 heavy (non-hydrogen) atoms. The molecule has 4 aliphatic rings. The van der Waals surface area contributed by atoms with Crippen LogP contribution in [0.2, 0.25) is 0 Å². The number of fused-ring (bicyclic) bond motifs is 2. The highest BCUT2D eigenvalue weighted by Gasteiger charge is 2.53. The fourth-order valence-corrected chi connectivity index (χ4v) is 33.8. The Morgan fingerprint density at radius 1 is 0.337 bits per heavy atom. The minimum Gasteiger partial charge on any atom is -0.496 e. The fourth-order valence-electron chi connectivity index (χ4n) is 14.0. The van der Waals surface area contributed by atoms with Crippen LogP contribution in [0.1, 0.15) is 34.1 Å². The van der Waals surface area contributed by atoms with Crippen LogP contribution < -0.4 is 62.5 Å². The molecule has 458 valence electrons. The van der Waals surface area contributed by atoms with Crippen molar-refractivity contribution in [3.8, 4) is 11.5 Å². The largest absolute Gasteiger partial charge is 0.496 e. The van der Waals surface area contributed by atoms with E-state index in [0.717, 1.165) is 23.8 Å². The van der Waals surface area contributed by atoms with Crippen molar-refractivity contribution in [3.63, 3.8) is 0 Å². The molecule has 14 atom stereocenters. The molecule has 2 bridgehead atoms. The highest BCUT2D eigenvalue weighted by molar-refractivity contribution is 7.78. The quantitative estimate of drug-likeness (QED) is 0.0536. The lowest BCUT2D eigenvalue weighted by molar-refractivity contribution is 0.0327. The van der Waals surface area contributed by atoms with Gasteiger partial charge in [-0.1, -0.05) is 298 Å². The Hall–Kier alpha value is -5.26. The zero-order valence-electron chi connectivity index (χ0n) is 51.7. The predicted molar refractivity (Wildman–Crippen MR) is 389 cm³/mol. The summed E-state index contributed by atoms with van der Waals surface area (Å²) in [5.74, 6) is 3.29. The van der Waals surface area contributed by atoms with Crippen molar-refractivity contribution in [1.29, 1.82) is 0 Å². The van der Waals surface area contributed by atoms with Crippen LogP contribution in [0.3, 0.4) is 0 Å². The van der Waals surface area contributed by atoms with Gasteiger partial charge < -0.3 is 29.9 Å². The van der Waals surface area contributed by atoms with E-state index in [-0.39, 0.29) is 22.6 Å². The molecule has 6 unspecified atom stereocenters. The van der Waals surface area contributed by atoms with Crippen LogP contribution in [0.5, 0.6) is 11.5 Å². The molecule has 1 saturated carbocycles. The minimum atomic E-state index is -0.692. The first-order valence-electron chi connectivity index (χ1n) is 31.2. The van der Waals surface area contributed by atoms with Gasteiger partial charge in [-0.3, -0.25) is 0 Å².